The smallest absolute Gasteiger partial charge is 0.274 e. The summed E-state index contributed by atoms with van der Waals surface area (Å²) in [5.74, 6) is 0.852. The third-order valence-electron chi connectivity index (χ3n) is 5.77. The van der Waals surface area contributed by atoms with E-state index in [0.29, 0.717) is 18.1 Å². The Morgan fingerprint density at radius 1 is 1.19 bits per heavy atom. The second-order valence-corrected chi connectivity index (χ2v) is 8.49. The van der Waals surface area contributed by atoms with Crippen LogP contribution in [0.4, 0.5) is 5.69 Å². The van der Waals surface area contributed by atoms with Crippen LogP contribution in [0.25, 0.3) is 0 Å². The van der Waals surface area contributed by atoms with Crippen LogP contribution in [0.3, 0.4) is 0 Å². The van der Waals surface area contributed by atoms with Gasteiger partial charge in [-0.05, 0) is 49.4 Å². The number of nitrogens with one attached hydrogen (secondary N) is 1. The van der Waals surface area contributed by atoms with E-state index in [2.05, 4.69) is 50.4 Å². The van der Waals surface area contributed by atoms with Gasteiger partial charge in [0.05, 0.1) is 18.0 Å². The van der Waals surface area contributed by atoms with E-state index in [4.69, 9.17) is 21.7 Å². The summed E-state index contributed by atoms with van der Waals surface area (Å²) in [4.78, 5) is 17.8. The average molecular weight is 435 g/mol. The number of benzene rings is 2. The molecule has 160 valence electrons. The Labute approximate surface area is 187 Å². The van der Waals surface area contributed by atoms with E-state index in [9.17, 15) is 4.79 Å². The molecule has 0 spiro atoms. The van der Waals surface area contributed by atoms with Gasteiger partial charge in [-0.2, -0.15) is 9.78 Å². The minimum atomic E-state index is -0.151. The predicted molar refractivity (Wildman–Crippen MR) is 127 cm³/mol. The highest BCUT2D eigenvalue weighted by Crippen LogP contribution is 2.26. The highest BCUT2D eigenvalue weighted by Gasteiger charge is 2.21. The molecule has 1 unspecified atom stereocenters. The molecule has 3 aromatic rings. The molecule has 0 radical (unpaired) electrons. The molecule has 1 aromatic heterocycles. The van der Waals surface area contributed by atoms with Crippen molar-refractivity contribution in [2.24, 2.45) is 5.10 Å². The Balaban J connectivity index is 1.65. The summed E-state index contributed by atoms with van der Waals surface area (Å²) in [6.45, 7) is 6.70. The summed E-state index contributed by atoms with van der Waals surface area (Å²) >= 11 is 6.32. The minimum Gasteiger partial charge on any atom is -0.379 e. The normalized spacial score (nSPS) is 15.7. The molecular weight excluding hydrogens is 408 g/mol. The van der Waals surface area contributed by atoms with Crippen molar-refractivity contribution >= 4 is 23.0 Å². The van der Waals surface area contributed by atoms with Gasteiger partial charge in [-0.15, -0.1) is 0 Å². The molecule has 2 aromatic carbocycles. The fourth-order valence-corrected chi connectivity index (χ4v) is 4.23. The number of aryl methyl sites for hydroxylation is 1. The molecule has 1 aliphatic rings. The van der Waals surface area contributed by atoms with E-state index in [-0.39, 0.29) is 11.5 Å². The van der Waals surface area contributed by atoms with E-state index in [1.54, 1.807) is 6.07 Å². The molecule has 6 heteroatoms. The van der Waals surface area contributed by atoms with E-state index < -0.39 is 0 Å². The molecule has 0 amide bonds. The third kappa shape index (κ3) is 4.57. The second kappa shape index (κ2) is 9.06. The molecule has 0 saturated carbocycles. The maximum atomic E-state index is 13.0. The first-order chi connectivity index (χ1) is 15.0. The molecule has 0 saturated heterocycles. The molecule has 0 fully saturated rings. The maximum absolute atomic E-state index is 13.0. The molecule has 0 bridgehead atoms. The molecular formula is C25H27ClN4O. The third-order valence-corrected chi connectivity index (χ3v) is 6.12. The van der Waals surface area contributed by atoms with Gasteiger partial charge in [-0.1, -0.05) is 61.3 Å². The van der Waals surface area contributed by atoms with Crippen molar-refractivity contribution in [3.05, 3.63) is 92.1 Å². The lowest BCUT2D eigenvalue weighted by atomic mass is 9.99. The lowest BCUT2D eigenvalue weighted by Gasteiger charge is -2.15. The standard InChI is InChI=1S/C25H27ClN4O/c1-4-20-21(26)6-5-7-23(20)27-15-19-14-24(31)30-25(28-19)17(3)10-13-22(29-30)18-11-8-16(2)9-12-18/h5-9,11-12,14,17,27H,4,10,13,15H2,1-3H3. The highest BCUT2D eigenvalue weighted by molar-refractivity contribution is 6.31. The largest absolute Gasteiger partial charge is 0.379 e. The van der Waals surface area contributed by atoms with Gasteiger partial charge >= 0.3 is 0 Å². The fourth-order valence-electron chi connectivity index (χ4n) is 3.92. The first-order valence-corrected chi connectivity index (χ1v) is 11.1. The molecule has 5 nitrogen and oxygen atoms in total. The molecule has 4 rings (SSSR count). The topological polar surface area (TPSA) is 59.3 Å². The summed E-state index contributed by atoms with van der Waals surface area (Å²) < 4.78 is 1.48. The number of halogens is 1. The van der Waals surface area contributed by atoms with Gasteiger partial charge < -0.3 is 5.32 Å². The van der Waals surface area contributed by atoms with Gasteiger partial charge in [-0.3, -0.25) is 4.79 Å². The number of anilines is 1. The van der Waals surface area contributed by atoms with E-state index in [0.717, 1.165) is 46.8 Å². The summed E-state index contributed by atoms with van der Waals surface area (Å²) in [7, 11) is 0. The Morgan fingerprint density at radius 2 is 1.97 bits per heavy atom. The first kappa shape index (κ1) is 21.3. The predicted octanol–water partition coefficient (Wildman–Crippen LogP) is 5.53. The summed E-state index contributed by atoms with van der Waals surface area (Å²) in [5.41, 5.74) is 5.77. The van der Waals surface area contributed by atoms with Crippen LogP contribution in [0.2, 0.25) is 5.02 Å². The van der Waals surface area contributed by atoms with Crippen LogP contribution in [-0.2, 0) is 13.0 Å². The van der Waals surface area contributed by atoms with Crippen molar-refractivity contribution in [2.75, 3.05) is 5.32 Å². The number of fused-ring (bicyclic) bond motifs is 1. The van der Waals surface area contributed by atoms with Crippen molar-refractivity contribution in [1.82, 2.24) is 9.66 Å². The van der Waals surface area contributed by atoms with E-state index >= 15 is 0 Å². The minimum absolute atomic E-state index is 0.136. The Kier molecular flexibility index (Phi) is 6.23. The van der Waals surface area contributed by atoms with Gasteiger partial charge in [0.1, 0.15) is 5.82 Å². The number of hydrogen-bond donors (Lipinski definition) is 1. The zero-order chi connectivity index (χ0) is 22.0. The number of nitrogens with zero attached hydrogens (tertiary/aromatic N) is 3. The first-order valence-electron chi connectivity index (χ1n) is 10.7. The lowest BCUT2D eigenvalue weighted by Crippen LogP contribution is -2.24. The Hall–Kier alpha value is -2.92. The van der Waals surface area contributed by atoms with Gasteiger partial charge in [-0.25, -0.2) is 4.98 Å². The number of rotatable bonds is 5. The maximum Gasteiger partial charge on any atom is 0.274 e. The quantitative estimate of drug-likeness (QED) is 0.574. The summed E-state index contributed by atoms with van der Waals surface area (Å²) in [5, 5.41) is 8.85. The van der Waals surface area contributed by atoms with Crippen LogP contribution in [-0.4, -0.2) is 15.4 Å². The van der Waals surface area contributed by atoms with E-state index in [1.165, 1.54) is 10.2 Å². The highest BCUT2D eigenvalue weighted by atomic mass is 35.5. The van der Waals surface area contributed by atoms with E-state index in [1.807, 2.05) is 18.2 Å². The number of aromatic nitrogens is 2. The van der Waals surface area contributed by atoms with Crippen molar-refractivity contribution in [3.63, 3.8) is 0 Å². The van der Waals surface area contributed by atoms with Gasteiger partial charge in [0.2, 0.25) is 0 Å². The van der Waals surface area contributed by atoms with Gasteiger partial charge in [0.25, 0.3) is 5.56 Å². The van der Waals surface area contributed by atoms with Crippen LogP contribution < -0.4 is 10.9 Å². The van der Waals surface area contributed by atoms with Gasteiger partial charge in [0.15, 0.2) is 0 Å². The SMILES string of the molecule is CCc1c(Cl)cccc1NCc1cc(=O)n2c(n1)C(C)CCC(c1ccc(C)cc1)=N2. The summed E-state index contributed by atoms with van der Waals surface area (Å²) in [6.07, 6.45) is 2.53. The van der Waals surface area contributed by atoms with Crippen molar-refractivity contribution in [1.29, 1.82) is 0 Å². The van der Waals surface area contributed by atoms with Crippen LogP contribution in [0, 0.1) is 6.92 Å². The van der Waals surface area contributed by atoms with Crippen LogP contribution in [0.15, 0.2) is 58.4 Å². The zero-order valence-electron chi connectivity index (χ0n) is 18.2. The average Bonchev–Trinajstić information content (AvgIpc) is 2.92. The van der Waals surface area contributed by atoms with Gasteiger partial charge in [0, 0.05) is 22.7 Å². The lowest BCUT2D eigenvalue weighted by molar-refractivity contribution is 0.606. The van der Waals surface area contributed by atoms with Crippen molar-refractivity contribution < 1.29 is 0 Å². The molecule has 1 N–H and O–H groups in total. The molecule has 1 aliphatic heterocycles. The van der Waals surface area contributed by atoms with Crippen LogP contribution >= 0.6 is 11.6 Å². The Morgan fingerprint density at radius 3 is 2.71 bits per heavy atom. The second-order valence-electron chi connectivity index (χ2n) is 8.08. The zero-order valence-corrected chi connectivity index (χ0v) is 18.9. The summed E-state index contributed by atoms with van der Waals surface area (Å²) in [6, 6.07) is 15.7. The molecule has 0 aliphatic carbocycles. The number of hydrogen-bond acceptors (Lipinski definition) is 4. The fraction of sp³-hybridized carbons (Fsp3) is 0.320. The molecule has 1 atom stereocenters. The Bertz CT molecular complexity index is 1180. The van der Waals surface area contributed by atoms with Crippen molar-refractivity contribution in [2.45, 2.75) is 52.5 Å². The van der Waals surface area contributed by atoms with Crippen LogP contribution in [0.1, 0.15) is 60.8 Å². The van der Waals surface area contributed by atoms with Crippen LogP contribution in [0.5, 0.6) is 0 Å². The monoisotopic (exact) mass is 434 g/mol. The molecule has 31 heavy (non-hydrogen) atoms. The molecule has 2 heterocycles. The van der Waals surface area contributed by atoms with Crippen molar-refractivity contribution in [3.8, 4) is 0 Å².